The summed E-state index contributed by atoms with van der Waals surface area (Å²) in [6, 6.07) is 0. The van der Waals surface area contributed by atoms with Gasteiger partial charge in [0.15, 0.2) is 11.2 Å². The van der Waals surface area contributed by atoms with Crippen molar-refractivity contribution in [2.45, 2.75) is 13.5 Å². The zero-order valence-corrected chi connectivity index (χ0v) is 11.3. The lowest BCUT2D eigenvalue weighted by molar-refractivity contribution is 0.401. The maximum absolute atomic E-state index is 5.96. The lowest BCUT2D eigenvalue weighted by Gasteiger charge is -2.04. The minimum Gasteiger partial charge on any atom is -0.479 e. The summed E-state index contributed by atoms with van der Waals surface area (Å²) in [5, 5.41) is 0. The van der Waals surface area contributed by atoms with Gasteiger partial charge in [-0.1, -0.05) is 0 Å². The van der Waals surface area contributed by atoms with Gasteiger partial charge in [-0.15, -0.1) is 11.3 Å². The highest BCUT2D eigenvalue weighted by Gasteiger charge is 2.15. The molecule has 3 aromatic rings. The Balaban J connectivity index is 2.13. The fourth-order valence-corrected chi connectivity index (χ4v) is 2.62. The number of nitrogens with two attached hydrogens (primary N) is 1. The third-order valence-corrected chi connectivity index (χ3v) is 3.79. The molecule has 0 spiro atoms. The monoisotopic (exact) mass is 276 g/mol. The van der Waals surface area contributed by atoms with Crippen molar-refractivity contribution in [3.05, 3.63) is 22.4 Å². The third-order valence-electron chi connectivity index (χ3n) is 2.87. The Morgan fingerprint density at radius 1 is 1.37 bits per heavy atom. The van der Waals surface area contributed by atoms with Gasteiger partial charge in [-0.3, -0.25) is 4.57 Å². The van der Waals surface area contributed by atoms with Crippen LogP contribution in [0.2, 0.25) is 0 Å². The first-order valence-corrected chi connectivity index (χ1v) is 6.48. The molecule has 98 valence electrons. The van der Waals surface area contributed by atoms with Crippen LogP contribution in [0.1, 0.15) is 10.6 Å². The molecule has 0 saturated carbocycles. The number of fused-ring (bicyclic) bond motifs is 1. The van der Waals surface area contributed by atoms with Gasteiger partial charge in [0.05, 0.1) is 24.9 Å². The molecule has 0 amide bonds. The van der Waals surface area contributed by atoms with E-state index in [2.05, 4.69) is 19.9 Å². The molecular formula is C11H12N6OS. The van der Waals surface area contributed by atoms with Crippen LogP contribution in [0.4, 0.5) is 5.95 Å². The molecule has 3 aromatic heterocycles. The summed E-state index contributed by atoms with van der Waals surface area (Å²) in [4.78, 5) is 17.9. The molecule has 19 heavy (non-hydrogen) atoms. The minimum absolute atomic E-state index is 0.390. The summed E-state index contributed by atoms with van der Waals surface area (Å²) in [5.41, 5.74) is 10.0. The number of thiazole rings is 1. The van der Waals surface area contributed by atoms with Gasteiger partial charge in [-0.2, -0.15) is 4.98 Å². The average Bonchev–Trinajstić information content (AvgIpc) is 2.95. The van der Waals surface area contributed by atoms with Crippen molar-refractivity contribution in [3.8, 4) is 5.88 Å². The lowest BCUT2D eigenvalue weighted by Crippen LogP contribution is -2.05. The van der Waals surface area contributed by atoms with Gasteiger partial charge in [-0.05, 0) is 6.92 Å². The molecule has 3 heterocycles. The summed E-state index contributed by atoms with van der Waals surface area (Å²) in [7, 11) is 1.55. The fourth-order valence-electron chi connectivity index (χ4n) is 1.86. The topological polar surface area (TPSA) is 91.7 Å². The van der Waals surface area contributed by atoms with E-state index in [-0.39, 0.29) is 0 Å². The number of aromatic nitrogens is 5. The summed E-state index contributed by atoms with van der Waals surface area (Å²) in [5.74, 6) is 0.818. The maximum atomic E-state index is 5.96. The van der Waals surface area contributed by atoms with Gasteiger partial charge < -0.3 is 10.5 Å². The van der Waals surface area contributed by atoms with E-state index in [0.717, 1.165) is 10.6 Å². The molecule has 0 aliphatic heterocycles. The van der Waals surface area contributed by atoms with E-state index >= 15 is 0 Å². The van der Waals surface area contributed by atoms with Crippen molar-refractivity contribution in [3.63, 3.8) is 0 Å². The van der Waals surface area contributed by atoms with Crippen LogP contribution in [0, 0.1) is 6.92 Å². The van der Waals surface area contributed by atoms with Crippen LogP contribution in [0.15, 0.2) is 11.8 Å². The SMILES string of the molecule is COc1ncnc2c1nc(N)n2Cc1scnc1C. The van der Waals surface area contributed by atoms with Crippen molar-refractivity contribution in [2.24, 2.45) is 0 Å². The second-order valence-electron chi connectivity index (χ2n) is 3.97. The zero-order valence-electron chi connectivity index (χ0n) is 10.5. The average molecular weight is 276 g/mol. The molecule has 0 atom stereocenters. The zero-order chi connectivity index (χ0) is 13.4. The molecule has 8 heteroatoms. The van der Waals surface area contributed by atoms with E-state index in [0.29, 0.717) is 29.5 Å². The molecule has 0 bridgehead atoms. The number of nitrogens with zero attached hydrogens (tertiary/aromatic N) is 5. The Bertz CT molecular complexity index is 734. The van der Waals surface area contributed by atoms with Crippen molar-refractivity contribution in [1.29, 1.82) is 0 Å². The van der Waals surface area contributed by atoms with Crippen LogP contribution >= 0.6 is 11.3 Å². The largest absolute Gasteiger partial charge is 0.479 e. The van der Waals surface area contributed by atoms with Gasteiger partial charge in [0.2, 0.25) is 11.8 Å². The highest BCUT2D eigenvalue weighted by atomic mass is 32.1. The quantitative estimate of drug-likeness (QED) is 0.773. The number of anilines is 1. The van der Waals surface area contributed by atoms with Crippen LogP contribution in [-0.4, -0.2) is 31.6 Å². The normalized spacial score (nSPS) is 11.1. The van der Waals surface area contributed by atoms with Crippen LogP contribution in [0.5, 0.6) is 5.88 Å². The first kappa shape index (κ1) is 11.8. The van der Waals surface area contributed by atoms with Gasteiger partial charge in [0.25, 0.3) is 0 Å². The Labute approximate surface area is 113 Å². The molecule has 0 aliphatic carbocycles. The van der Waals surface area contributed by atoms with Crippen molar-refractivity contribution in [2.75, 3.05) is 12.8 Å². The highest BCUT2D eigenvalue weighted by molar-refractivity contribution is 7.09. The number of aryl methyl sites for hydroxylation is 1. The fraction of sp³-hybridized carbons (Fsp3) is 0.273. The van der Waals surface area contributed by atoms with E-state index in [9.17, 15) is 0 Å². The van der Waals surface area contributed by atoms with Crippen molar-refractivity contribution >= 4 is 28.4 Å². The first-order valence-electron chi connectivity index (χ1n) is 5.60. The summed E-state index contributed by atoms with van der Waals surface area (Å²) in [6.07, 6.45) is 1.44. The second-order valence-corrected chi connectivity index (χ2v) is 4.91. The summed E-state index contributed by atoms with van der Waals surface area (Å²) < 4.78 is 7.00. The molecule has 0 fully saturated rings. The number of nitrogen functional groups attached to an aromatic ring is 1. The number of imidazole rings is 1. The van der Waals surface area contributed by atoms with Gasteiger partial charge in [0.1, 0.15) is 6.33 Å². The number of methoxy groups -OCH3 is 1. The predicted molar refractivity (Wildman–Crippen MR) is 72.2 cm³/mol. The Hall–Kier alpha value is -2.22. The van der Waals surface area contributed by atoms with E-state index in [1.165, 1.54) is 6.33 Å². The molecule has 2 N–H and O–H groups in total. The third kappa shape index (κ3) is 1.89. The summed E-state index contributed by atoms with van der Waals surface area (Å²) >= 11 is 1.59. The molecule has 3 rings (SSSR count). The van der Waals surface area contributed by atoms with E-state index in [1.54, 1.807) is 18.4 Å². The Kier molecular flexibility index (Phi) is 2.79. The summed E-state index contributed by atoms with van der Waals surface area (Å²) in [6.45, 7) is 2.57. The number of hydrogen-bond donors (Lipinski definition) is 1. The van der Waals surface area contributed by atoms with Gasteiger partial charge >= 0.3 is 0 Å². The van der Waals surface area contributed by atoms with Crippen molar-refractivity contribution in [1.82, 2.24) is 24.5 Å². The number of hydrogen-bond acceptors (Lipinski definition) is 7. The highest BCUT2D eigenvalue weighted by Crippen LogP contribution is 2.25. The molecule has 0 unspecified atom stereocenters. The van der Waals surface area contributed by atoms with E-state index < -0.39 is 0 Å². The van der Waals surface area contributed by atoms with Crippen LogP contribution < -0.4 is 10.5 Å². The van der Waals surface area contributed by atoms with Crippen molar-refractivity contribution < 1.29 is 4.74 Å². The number of ether oxygens (including phenoxy) is 1. The maximum Gasteiger partial charge on any atom is 0.245 e. The van der Waals surface area contributed by atoms with Crippen LogP contribution in [-0.2, 0) is 6.54 Å². The van der Waals surface area contributed by atoms with Gasteiger partial charge in [-0.25, -0.2) is 15.0 Å². The number of rotatable bonds is 3. The standard InChI is InChI=1S/C11H12N6OS/c1-6-7(19-5-15-6)3-17-9-8(16-11(17)12)10(18-2)14-4-13-9/h4-5H,3H2,1-2H3,(H2,12,16). The van der Waals surface area contributed by atoms with E-state index in [1.807, 2.05) is 17.0 Å². The lowest BCUT2D eigenvalue weighted by atomic mass is 10.4. The second kappa shape index (κ2) is 4.47. The molecule has 0 aromatic carbocycles. The van der Waals surface area contributed by atoms with Gasteiger partial charge in [0, 0.05) is 4.88 Å². The van der Waals surface area contributed by atoms with E-state index in [4.69, 9.17) is 10.5 Å². The molecule has 0 saturated heterocycles. The molecule has 0 radical (unpaired) electrons. The first-order chi connectivity index (χ1) is 9.20. The molecular weight excluding hydrogens is 264 g/mol. The smallest absolute Gasteiger partial charge is 0.245 e. The van der Waals surface area contributed by atoms with Crippen LogP contribution in [0.3, 0.4) is 0 Å². The Morgan fingerprint density at radius 2 is 2.21 bits per heavy atom. The molecule has 0 aliphatic rings. The predicted octanol–water partition coefficient (Wildman–Crippen LogP) is 1.23. The minimum atomic E-state index is 0.390. The molecule has 7 nitrogen and oxygen atoms in total. The van der Waals surface area contributed by atoms with Crippen LogP contribution in [0.25, 0.3) is 11.2 Å². The Morgan fingerprint density at radius 3 is 2.89 bits per heavy atom.